The molecule has 0 aliphatic heterocycles. The van der Waals surface area contributed by atoms with Gasteiger partial charge in [-0.25, -0.2) is 4.39 Å². The molecule has 2 aromatic rings. The second kappa shape index (κ2) is 6.01. The maximum Gasteiger partial charge on any atom is 0.292 e. The molecule has 2 rings (SSSR count). The van der Waals surface area contributed by atoms with Crippen molar-refractivity contribution in [3.05, 3.63) is 69.5 Å². The number of nitrogens with one attached hydrogen (secondary N) is 1. The third kappa shape index (κ3) is 3.34. The predicted octanol–water partition coefficient (Wildman–Crippen LogP) is 3.78. The minimum Gasteiger partial charge on any atom is -0.373 e. The van der Waals surface area contributed by atoms with E-state index < -0.39 is 4.92 Å². The summed E-state index contributed by atoms with van der Waals surface area (Å²) < 4.78 is 12.9. The fraction of sp³-hybridized carbons (Fsp3) is 0.133. The van der Waals surface area contributed by atoms with Crippen LogP contribution in [0.15, 0.2) is 42.5 Å². The molecular formula is C15H12FN3O2. The SMILES string of the molecule is CC(Nc1cc(C#N)ccc1[N+](=O)[O-])c1ccc(F)cc1. The lowest BCUT2D eigenvalue weighted by molar-refractivity contribution is -0.384. The number of rotatable bonds is 4. The molecular weight excluding hydrogens is 273 g/mol. The third-order valence-corrected chi connectivity index (χ3v) is 3.06. The fourth-order valence-electron chi connectivity index (χ4n) is 1.95. The van der Waals surface area contributed by atoms with Crippen molar-refractivity contribution in [1.82, 2.24) is 0 Å². The van der Waals surface area contributed by atoms with E-state index in [1.54, 1.807) is 19.1 Å². The van der Waals surface area contributed by atoms with Gasteiger partial charge in [-0.15, -0.1) is 0 Å². The molecule has 1 N–H and O–H groups in total. The van der Waals surface area contributed by atoms with Gasteiger partial charge in [-0.1, -0.05) is 12.1 Å². The second-order valence-corrected chi connectivity index (χ2v) is 4.52. The molecule has 5 nitrogen and oxygen atoms in total. The minimum absolute atomic E-state index is 0.108. The number of hydrogen-bond donors (Lipinski definition) is 1. The molecule has 106 valence electrons. The molecule has 0 bridgehead atoms. The summed E-state index contributed by atoms with van der Waals surface area (Å²) in [6, 6.07) is 11.7. The number of nitriles is 1. The monoisotopic (exact) mass is 285 g/mol. The Morgan fingerprint density at radius 2 is 1.95 bits per heavy atom. The van der Waals surface area contributed by atoms with Gasteiger partial charge in [0.15, 0.2) is 0 Å². The first-order chi connectivity index (χ1) is 10.0. The molecule has 1 unspecified atom stereocenters. The summed E-state index contributed by atoms with van der Waals surface area (Å²) in [4.78, 5) is 10.5. The molecule has 0 heterocycles. The highest BCUT2D eigenvalue weighted by molar-refractivity contribution is 5.65. The van der Waals surface area contributed by atoms with Crippen LogP contribution in [0.5, 0.6) is 0 Å². The van der Waals surface area contributed by atoms with Crippen LogP contribution < -0.4 is 5.32 Å². The van der Waals surface area contributed by atoms with Crippen LogP contribution in [0.3, 0.4) is 0 Å². The average molecular weight is 285 g/mol. The number of hydrogen-bond acceptors (Lipinski definition) is 4. The normalized spacial score (nSPS) is 11.5. The van der Waals surface area contributed by atoms with Gasteiger partial charge in [0.05, 0.1) is 16.6 Å². The molecule has 0 saturated heterocycles. The van der Waals surface area contributed by atoms with Gasteiger partial charge in [0, 0.05) is 12.1 Å². The number of halogens is 1. The van der Waals surface area contributed by atoms with Crippen LogP contribution >= 0.6 is 0 Å². The van der Waals surface area contributed by atoms with Crippen molar-refractivity contribution in [1.29, 1.82) is 5.26 Å². The number of nitrogens with zero attached hydrogens (tertiary/aromatic N) is 2. The lowest BCUT2D eigenvalue weighted by atomic mass is 10.1. The summed E-state index contributed by atoms with van der Waals surface area (Å²) in [5.74, 6) is -0.344. The lowest BCUT2D eigenvalue weighted by Gasteiger charge is -2.16. The van der Waals surface area contributed by atoms with Crippen molar-refractivity contribution in [2.24, 2.45) is 0 Å². The Balaban J connectivity index is 2.31. The summed E-state index contributed by atoms with van der Waals surface area (Å²) in [5, 5.41) is 22.9. The maximum absolute atomic E-state index is 12.9. The molecule has 1 atom stereocenters. The first-order valence-electron chi connectivity index (χ1n) is 6.22. The molecule has 0 aliphatic carbocycles. The van der Waals surface area contributed by atoms with Crippen molar-refractivity contribution in [3.8, 4) is 6.07 Å². The van der Waals surface area contributed by atoms with Gasteiger partial charge in [-0.3, -0.25) is 10.1 Å². The zero-order chi connectivity index (χ0) is 15.4. The molecule has 0 saturated carbocycles. The number of nitro groups is 1. The third-order valence-electron chi connectivity index (χ3n) is 3.06. The zero-order valence-electron chi connectivity index (χ0n) is 11.2. The lowest BCUT2D eigenvalue weighted by Crippen LogP contribution is -2.08. The summed E-state index contributed by atoms with van der Waals surface area (Å²) >= 11 is 0. The molecule has 0 aromatic heterocycles. The Labute approximate surface area is 120 Å². The number of nitro benzene ring substituents is 1. The van der Waals surface area contributed by atoms with E-state index in [-0.39, 0.29) is 23.2 Å². The Kier molecular flexibility index (Phi) is 4.14. The highest BCUT2D eigenvalue weighted by Gasteiger charge is 2.16. The van der Waals surface area contributed by atoms with Crippen molar-refractivity contribution >= 4 is 11.4 Å². The van der Waals surface area contributed by atoms with Gasteiger partial charge in [-0.05, 0) is 36.8 Å². The zero-order valence-corrected chi connectivity index (χ0v) is 11.2. The largest absolute Gasteiger partial charge is 0.373 e. The van der Waals surface area contributed by atoms with Crippen molar-refractivity contribution in [3.63, 3.8) is 0 Å². The second-order valence-electron chi connectivity index (χ2n) is 4.52. The van der Waals surface area contributed by atoms with E-state index in [2.05, 4.69) is 5.32 Å². The highest BCUT2D eigenvalue weighted by atomic mass is 19.1. The molecule has 0 radical (unpaired) electrons. The van der Waals surface area contributed by atoms with Gasteiger partial charge in [0.2, 0.25) is 0 Å². The molecule has 0 aliphatic rings. The minimum atomic E-state index is -0.513. The van der Waals surface area contributed by atoms with E-state index in [1.807, 2.05) is 6.07 Å². The van der Waals surface area contributed by atoms with Crippen LogP contribution in [0.25, 0.3) is 0 Å². The van der Waals surface area contributed by atoms with Crippen LogP contribution in [0.2, 0.25) is 0 Å². The van der Waals surface area contributed by atoms with Crippen LogP contribution in [0, 0.1) is 27.3 Å². The summed E-state index contributed by atoms with van der Waals surface area (Å²) in [6.45, 7) is 1.80. The maximum atomic E-state index is 12.9. The van der Waals surface area contributed by atoms with Crippen LogP contribution in [0.1, 0.15) is 24.1 Å². The standard InChI is InChI=1S/C15H12FN3O2/c1-10(12-3-5-13(16)6-4-12)18-14-8-11(9-17)2-7-15(14)19(20)21/h2-8,10,18H,1H3. The summed E-state index contributed by atoms with van der Waals surface area (Å²) in [7, 11) is 0. The fourth-order valence-corrected chi connectivity index (χ4v) is 1.95. The van der Waals surface area contributed by atoms with E-state index in [1.165, 1.54) is 30.3 Å². The van der Waals surface area contributed by atoms with Crippen LogP contribution in [0.4, 0.5) is 15.8 Å². The smallest absolute Gasteiger partial charge is 0.292 e. The van der Waals surface area contributed by atoms with E-state index in [0.717, 1.165) is 5.56 Å². The first kappa shape index (κ1) is 14.5. The van der Waals surface area contributed by atoms with E-state index in [4.69, 9.17) is 5.26 Å². The van der Waals surface area contributed by atoms with E-state index in [9.17, 15) is 14.5 Å². The summed E-state index contributed by atoms with van der Waals surface area (Å²) in [6.07, 6.45) is 0. The quantitative estimate of drug-likeness (QED) is 0.685. The van der Waals surface area contributed by atoms with Crippen molar-refractivity contribution in [2.45, 2.75) is 13.0 Å². The van der Waals surface area contributed by atoms with Gasteiger partial charge in [0.25, 0.3) is 5.69 Å². The Bertz CT molecular complexity index is 708. The Morgan fingerprint density at radius 3 is 2.52 bits per heavy atom. The van der Waals surface area contributed by atoms with Gasteiger partial charge >= 0.3 is 0 Å². The molecule has 6 heteroatoms. The topological polar surface area (TPSA) is 79.0 Å². The molecule has 2 aromatic carbocycles. The first-order valence-corrected chi connectivity index (χ1v) is 6.22. The average Bonchev–Trinajstić information content (AvgIpc) is 2.47. The van der Waals surface area contributed by atoms with Crippen LogP contribution in [-0.2, 0) is 0 Å². The van der Waals surface area contributed by atoms with E-state index >= 15 is 0 Å². The Hall–Kier alpha value is -2.94. The van der Waals surface area contributed by atoms with Crippen molar-refractivity contribution < 1.29 is 9.31 Å². The molecule has 0 amide bonds. The Morgan fingerprint density at radius 1 is 1.29 bits per heavy atom. The molecule has 0 fully saturated rings. The molecule has 21 heavy (non-hydrogen) atoms. The van der Waals surface area contributed by atoms with E-state index in [0.29, 0.717) is 5.56 Å². The summed E-state index contributed by atoms with van der Waals surface area (Å²) in [5.41, 5.74) is 1.27. The van der Waals surface area contributed by atoms with Gasteiger partial charge in [-0.2, -0.15) is 5.26 Å². The van der Waals surface area contributed by atoms with Gasteiger partial charge < -0.3 is 5.32 Å². The highest BCUT2D eigenvalue weighted by Crippen LogP contribution is 2.29. The van der Waals surface area contributed by atoms with Crippen LogP contribution in [-0.4, -0.2) is 4.92 Å². The predicted molar refractivity (Wildman–Crippen MR) is 76.2 cm³/mol. The number of anilines is 1. The van der Waals surface area contributed by atoms with Crippen molar-refractivity contribution in [2.75, 3.05) is 5.32 Å². The molecule has 0 spiro atoms. The van der Waals surface area contributed by atoms with Gasteiger partial charge in [0.1, 0.15) is 11.5 Å². The number of benzene rings is 2.